The molecule has 1 atom stereocenters. The molecule has 20 heavy (non-hydrogen) atoms. The van der Waals surface area contributed by atoms with E-state index in [-0.39, 0.29) is 11.1 Å². The lowest BCUT2D eigenvalue weighted by atomic mass is 10.1. The Morgan fingerprint density at radius 3 is 2.70 bits per heavy atom. The summed E-state index contributed by atoms with van der Waals surface area (Å²) in [5.41, 5.74) is 7.64. The van der Waals surface area contributed by atoms with Gasteiger partial charge in [0.1, 0.15) is 18.2 Å². The van der Waals surface area contributed by atoms with E-state index in [0.29, 0.717) is 12.4 Å². The van der Waals surface area contributed by atoms with E-state index in [4.69, 9.17) is 22.1 Å². The Bertz CT molecular complexity index is 619. The van der Waals surface area contributed by atoms with Gasteiger partial charge in [-0.1, -0.05) is 33.6 Å². The first-order valence-electron chi connectivity index (χ1n) is 6.09. The second-order valence-electron chi connectivity index (χ2n) is 4.51. The maximum Gasteiger partial charge on any atom is 0.141 e. The fraction of sp³-hybridized carbons (Fsp3) is 0.200. The minimum Gasteiger partial charge on any atom is -0.489 e. The molecule has 2 aromatic carbocycles. The summed E-state index contributed by atoms with van der Waals surface area (Å²) < 4.78 is 19.8. The van der Waals surface area contributed by atoms with Crippen molar-refractivity contribution in [3.05, 3.63) is 62.8 Å². The lowest BCUT2D eigenvalue weighted by Gasteiger charge is -2.14. The maximum absolute atomic E-state index is 13.1. The van der Waals surface area contributed by atoms with Gasteiger partial charge in [-0.15, -0.1) is 0 Å². The molecule has 0 aromatic heterocycles. The van der Waals surface area contributed by atoms with Gasteiger partial charge < -0.3 is 10.5 Å². The van der Waals surface area contributed by atoms with Gasteiger partial charge in [0.05, 0.1) is 5.02 Å². The molecular weight excluding hydrogens is 345 g/mol. The molecule has 2 aromatic rings. The summed E-state index contributed by atoms with van der Waals surface area (Å²) in [5.74, 6) is 0.277. The SMILES string of the molecule is C[C@@H](N)c1cc(Br)ccc1OCc1ccc(F)c(Cl)c1. The Hall–Kier alpha value is -1.10. The third-order valence-electron chi connectivity index (χ3n) is 2.84. The van der Waals surface area contributed by atoms with Crippen molar-refractivity contribution in [3.8, 4) is 5.75 Å². The van der Waals surface area contributed by atoms with Crippen molar-refractivity contribution in [2.75, 3.05) is 0 Å². The van der Waals surface area contributed by atoms with Crippen LogP contribution in [0.4, 0.5) is 4.39 Å². The molecule has 0 amide bonds. The molecule has 0 bridgehead atoms. The highest BCUT2D eigenvalue weighted by atomic mass is 79.9. The Morgan fingerprint density at radius 2 is 2.05 bits per heavy atom. The molecule has 0 saturated heterocycles. The van der Waals surface area contributed by atoms with Crippen LogP contribution in [0.2, 0.25) is 5.02 Å². The molecule has 2 nitrogen and oxygen atoms in total. The monoisotopic (exact) mass is 357 g/mol. The van der Waals surface area contributed by atoms with E-state index in [1.807, 2.05) is 25.1 Å². The molecule has 0 saturated carbocycles. The van der Waals surface area contributed by atoms with Crippen molar-refractivity contribution in [1.29, 1.82) is 0 Å². The number of nitrogens with two attached hydrogens (primary N) is 1. The van der Waals surface area contributed by atoms with Gasteiger partial charge in [0.25, 0.3) is 0 Å². The Labute approximate surface area is 130 Å². The van der Waals surface area contributed by atoms with Gasteiger partial charge in [-0.05, 0) is 42.8 Å². The van der Waals surface area contributed by atoms with Gasteiger partial charge in [-0.2, -0.15) is 0 Å². The van der Waals surface area contributed by atoms with Crippen molar-refractivity contribution in [1.82, 2.24) is 0 Å². The fourth-order valence-corrected chi connectivity index (χ4v) is 2.38. The second kappa shape index (κ2) is 6.57. The molecule has 0 aliphatic carbocycles. The van der Waals surface area contributed by atoms with Gasteiger partial charge >= 0.3 is 0 Å². The van der Waals surface area contributed by atoms with Crippen LogP contribution in [0.25, 0.3) is 0 Å². The van der Waals surface area contributed by atoms with Gasteiger partial charge in [0.2, 0.25) is 0 Å². The van der Waals surface area contributed by atoms with Crippen LogP contribution in [0.5, 0.6) is 5.75 Å². The molecular formula is C15H14BrClFNO. The van der Waals surface area contributed by atoms with Crippen LogP contribution in [0.1, 0.15) is 24.1 Å². The first-order valence-corrected chi connectivity index (χ1v) is 7.26. The normalized spacial score (nSPS) is 12.2. The van der Waals surface area contributed by atoms with E-state index in [1.54, 1.807) is 12.1 Å². The van der Waals surface area contributed by atoms with Crippen LogP contribution >= 0.6 is 27.5 Å². The molecule has 0 aliphatic rings. The van der Waals surface area contributed by atoms with Crippen LogP contribution in [0, 0.1) is 5.82 Å². The zero-order chi connectivity index (χ0) is 14.7. The van der Waals surface area contributed by atoms with Crippen LogP contribution in [0.3, 0.4) is 0 Å². The largest absolute Gasteiger partial charge is 0.489 e. The third kappa shape index (κ3) is 3.72. The second-order valence-corrected chi connectivity index (χ2v) is 5.83. The number of rotatable bonds is 4. The van der Waals surface area contributed by atoms with Crippen LogP contribution in [0.15, 0.2) is 40.9 Å². The summed E-state index contributed by atoms with van der Waals surface area (Å²) in [6.45, 7) is 2.20. The smallest absolute Gasteiger partial charge is 0.141 e. The van der Waals surface area contributed by atoms with Crippen molar-refractivity contribution in [3.63, 3.8) is 0 Å². The molecule has 106 valence electrons. The molecule has 0 fully saturated rings. The predicted molar refractivity (Wildman–Crippen MR) is 82.5 cm³/mol. The average molecular weight is 359 g/mol. The first-order chi connectivity index (χ1) is 9.47. The lowest BCUT2D eigenvalue weighted by molar-refractivity contribution is 0.301. The molecule has 2 rings (SSSR count). The van der Waals surface area contributed by atoms with Crippen molar-refractivity contribution in [2.24, 2.45) is 5.73 Å². The summed E-state index contributed by atoms with van der Waals surface area (Å²) in [6, 6.07) is 10.1. The highest BCUT2D eigenvalue weighted by Crippen LogP contribution is 2.28. The zero-order valence-corrected chi connectivity index (χ0v) is 13.2. The van der Waals surface area contributed by atoms with Crippen molar-refractivity contribution < 1.29 is 9.13 Å². The van der Waals surface area contributed by atoms with Gasteiger partial charge in [0.15, 0.2) is 0 Å². The topological polar surface area (TPSA) is 35.2 Å². The Kier molecular flexibility index (Phi) is 5.02. The third-order valence-corrected chi connectivity index (χ3v) is 3.62. The lowest BCUT2D eigenvalue weighted by Crippen LogP contribution is -2.08. The summed E-state index contributed by atoms with van der Waals surface area (Å²) in [6.07, 6.45) is 0. The molecule has 0 radical (unpaired) electrons. The minimum atomic E-state index is -0.435. The maximum atomic E-state index is 13.1. The summed E-state index contributed by atoms with van der Waals surface area (Å²) in [5, 5.41) is 0.0920. The highest BCUT2D eigenvalue weighted by molar-refractivity contribution is 9.10. The highest BCUT2D eigenvalue weighted by Gasteiger charge is 2.09. The van der Waals surface area contributed by atoms with Crippen LogP contribution in [-0.4, -0.2) is 0 Å². The van der Waals surface area contributed by atoms with E-state index < -0.39 is 5.82 Å². The molecule has 2 N–H and O–H groups in total. The van der Waals surface area contributed by atoms with Crippen LogP contribution in [-0.2, 0) is 6.61 Å². The Morgan fingerprint density at radius 1 is 1.30 bits per heavy atom. The first kappa shape index (κ1) is 15.3. The number of benzene rings is 2. The minimum absolute atomic E-state index is 0.0920. The zero-order valence-electron chi connectivity index (χ0n) is 10.9. The van der Waals surface area contributed by atoms with Gasteiger partial charge in [0, 0.05) is 16.1 Å². The van der Waals surface area contributed by atoms with E-state index in [9.17, 15) is 4.39 Å². The summed E-state index contributed by atoms with van der Waals surface area (Å²) in [7, 11) is 0. The number of hydrogen-bond acceptors (Lipinski definition) is 2. The summed E-state index contributed by atoms with van der Waals surface area (Å²) >= 11 is 9.15. The molecule has 0 heterocycles. The number of halogens is 3. The molecule has 0 aliphatic heterocycles. The molecule has 0 unspecified atom stereocenters. The molecule has 0 spiro atoms. The van der Waals surface area contributed by atoms with Crippen molar-refractivity contribution in [2.45, 2.75) is 19.6 Å². The number of hydrogen-bond donors (Lipinski definition) is 1. The van der Waals surface area contributed by atoms with E-state index >= 15 is 0 Å². The van der Waals surface area contributed by atoms with Crippen molar-refractivity contribution >= 4 is 27.5 Å². The van der Waals surface area contributed by atoms with Crippen LogP contribution < -0.4 is 10.5 Å². The quantitative estimate of drug-likeness (QED) is 0.848. The average Bonchev–Trinajstić information content (AvgIpc) is 2.41. The van der Waals surface area contributed by atoms with Gasteiger partial charge in [-0.25, -0.2) is 4.39 Å². The molecule has 5 heteroatoms. The van der Waals surface area contributed by atoms with E-state index in [2.05, 4.69) is 15.9 Å². The Balaban J connectivity index is 2.16. The fourth-order valence-electron chi connectivity index (χ4n) is 1.80. The van der Waals surface area contributed by atoms with E-state index in [0.717, 1.165) is 15.6 Å². The van der Waals surface area contributed by atoms with E-state index in [1.165, 1.54) is 6.07 Å². The summed E-state index contributed by atoms with van der Waals surface area (Å²) in [4.78, 5) is 0. The number of ether oxygens (including phenoxy) is 1. The standard InChI is InChI=1S/C15H14BrClFNO/c1-9(19)12-7-11(16)3-5-15(12)20-8-10-2-4-14(18)13(17)6-10/h2-7,9H,8,19H2,1H3/t9-/m1/s1. The predicted octanol–water partition coefficient (Wildman–Crippen LogP) is 4.84. The van der Waals surface area contributed by atoms with Gasteiger partial charge in [-0.3, -0.25) is 0 Å².